The molecule has 184 valence electrons. The van der Waals surface area contributed by atoms with Crippen molar-refractivity contribution in [2.75, 3.05) is 53.3 Å². The average Bonchev–Trinajstić information content (AvgIpc) is 2.84. The molecule has 0 unspecified atom stereocenters. The van der Waals surface area contributed by atoms with Gasteiger partial charge in [0.05, 0.1) is 24.3 Å². The lowest BCUT2D eigenvalue weighted by molar-refractivity contribution is 0.0150. The minimum Gasteiger partial charge on any atom is -0.496 e. The van der Waals surface area contributed by atoms with Crippen molar-refractivity contribution >= 4 is 17.5 Å². The molecule has 0 aliphatic carbocycles. The van der Waals surface area contributed by atoms with E-state index in [9.17, 15) is 9.59 Å². The smallest absolute Gasteiger partial charge is 0.259 e. The average molecular weight is 470 g/mol. The second-order valence-corrected chi connectivity index (χ2v) is 8.90. The molecule has 3 rings (SSSR count). The van der Waals surface area contributed by atoms with Crippen LogP contribution in [0.2, 0.25) is 0 Å². The molecule has 2 aromatic carbocycles. The van der Waals surface area contributed by atoms with Crippen LogP contribution in [0.15, 0.2) is 42.5 Å². The van der Waals surface area contributed by atoms with Crippen molar-refractivity contribution in [2.24, 2.45) is 5.92 Å². The number of hydrogen-bond donors (Lipinski definition) is 1. The second kappa shape index (κ2) is 11.4. The van der Waals surface area contributed by atoms with Crippen molar-refractivity contribution in [1.82, 2.24) is 9.80 Å². The highest BCUT2D eigenvalue weighted by molar-refractivity contribution is 6.07. The van der Waals surface area contributed by atoms with Gasteiger partial charge in [0.2, 0.25) is 0 Å². The summed E-state index contributed by atoms with van der Waals surface area (Å²) in [4.78, 5) is 30.2. The number of ether oxygens (including phenoxy) is 3. The van der Waals surface area contributed by atoms with Crippen LogP contribution in [0.25, 0.3) is 0 Å². The Hall–Kier alpha value is -3.10. The van der Waals surface area contributed by atoms with Crippen LogP contribution in [0.3, 0.4) is 0 Å². The first-order chi connectivity index (χ1) is 16.2. The number of nitrogens with one attached hydrogen (secondary N) is 1. The number of benzene rings is 2. The molecular formula is C26H35N3O5. The molecule has 8 nitrogen and oxygen atoms in total. The van der Waals surface area contributed by atoms with Crippen LogP contribution < -0.4 is 14.8 Å². The maximum atomic E-state index is 13.4. The Morgan fingerprint density at radius 2 is 1.82 bits per heavy atom. The molecule has 3 atom stereocenters. The number of nitrogens with zero attached hydrogens (tertiary/aromatic N) is 2. The molecule has 2 amide bonds. The van der Waals surface area contributed by atoms with Crippen LogP contribution >= 0.6 is 0 Å². The SMILES string of the molecule is COc1ccccc1C(=O)Nc1ccc2c(c1)C(=O)N(C)C[C@H](OC)[C@H](C)CN(C)[C@H](C)CO2. The van der Waals surface area contributed by atoms with Gasteiger partial charge in [-0.05, 0) is 50.2 Å². The highest BCUT2D eigenvalue weighted by Gasteiger charge is 2.27. The molecule has 0 fully saturated rings. The maximum Gasteiger partial charge on any atom is 0.259 e. The lowest BCUT2D eigenvalue weighted by Gasteiger charge is -2.34. The molecule has 1 aliphatic heterocycles. The quantitative estimate of drug-likeness (QED) is 0.740. The Morgan fingerprint density at radius 3 is 2.53 bits per heavy atom. The van der Waals surface area contributed by atoms with Gasteiger partial charge in [-0.25, -0.2) is 0 Å². The van der Waals surface area contributed by atoms with Gasteiger partial charge in [0.25, 0.3) is 11.8 Å². The zero-order valence-corrected chi connectivity index (χ0v) is 20.8. The normalized spacial score (nSPS) is 22.1. The lowest BCUT2D eigenvalue weighted by Crippen LogP contribution is -2.45. The number of anilines is 1. The highest BCUT2D eigenvalue weighted by atomic mass is 16.5. The van der Waals surface area contributed by atoms with Crippen LogP contribution in [0, 0.1) is 5.92 Å². The monoisotopic (exact) mass is 469 g/mol. The third-order valence-electron chi connectivity index (χ3n) is 6.37. The van der Waals surface area contributed by atoms with E-state index in [1.165, 1.54) is 7.11 Å². The van der Waals surface area contributed by atoms with Gasteiger partial charge in [-0.1, -0.05) is 19.1 Å². The number of fused-ring (bicyclic) bond motifs is 1. The molecule has 0 aromatic heterocycles. The molecular weight excluding hydrogens is 434 g/mol. The standard InChI is InChI=1S/C26H35N3O5/c1-17-14-28(3)18(2)16-34-23-12-11-19(13-21(23)26(31)29(4)15-24(17)33-6)27-25(30)20-9-7-8-10-22(20)32-5/h7-13,17-18,24H,14-16H2,1-6H3,(H,27,30)/t17-,18-,24+/m1/s1. The van der Waals surface area contributed by atoms with E-state index in [2.05, 4.69) is 31.1 Å². The van der Waals surface area contributed by atoms with Gasteiger partial charge in [-0.2, -0.15) is 0 Å². The summed E-state index contributed by atoms with van der Waals surface area (Å²) in [5, 5.41) is 2.87. The second-order valence-electron chi connectivity index (χ2n) is 8.90. The summed E-state index contributed by atoms with van der Waals surface area (Å²) in [7, 11) is 7.02. The topological polar surface area (TPSA) is 80.3 Å². The number of rotatable bonds is 4. The van der Waals surface area contributed by atoms with E-state index in [0.29, 0.717) is 41.5 Å². The largest absolute Gasteiger partial charge is 0.496 e. The molecule has 0 saturated carbocycles. The first-order valence-electron chi connectivity index (χ1n) is 11.4. The number of amides is 2. The zero-order valence-electron chi connectivity index (χ0n) is 20.8. The predicted octanol–water partition coefficient (Wildman–Crippen LogP) is 3.38. The number of carbonyl (C=O) groups excluding carboxylic acids is 2. The zero-order chi connectivity index (χ0) is 24.8. The van der Waals surface area contributed by atoms with Crippen molar-refractivity contribution < 1.29 is 23.8 Å². The number of carbonyl (C=O) groups is 2. The maximum absolute atomic E-state index is 13.4. The van der Waals surface area contributed by atoms with Gasteiger partial charge in [-0.15, -0.1) is 0 Å². The molecule has 0 radical (unpaired) electrons. The van der Waals surface area contributed by atoms with Crippen LogP contribution in [-0.2, 0) is 4.74 Å². The molecule has 0 spiro atoms. The van der Waals surface area contributed by atoms with Crippen molar-refractivity contribution in [3.05, 3.63) is 53.6 Å². The fourth-order valence-electron chi connectivity index (χ4n) is 4.07. The summed E-state index contributed by atoms with van der Waals surface area (Å²) >= 11 is 0. The van der Waals surface area contributed by atoms with Gasteiger partial charge in [0, 0.05) is 39.0 Å². The lowest BCUT2D eigenvalue weighted by atomic mass is 10.0. The Morgan fingerprint density at radius 1 is 1.09 bits per heavy atom. The molecule has 34 heavy (non-hydrogen) atoms. The van der Waals surface area contributed by atoms with Crippen molar-refractivity contribution in [3.8, 4) is 11.5 Å². The van der Waals surface area contributed by atoms with Crippen molar-refractivity contribution in [2.45, 2.75) is 26.0 Å². The molecule has 1 heterocycles. The van der Waals surface area contributed by atoms with Gasteiger partial charge in [0.15, 0.2) is 0 Å². The fourth-order valence-corrected chi connectivity index (χ4v) is 4.07. The number of hydrogen-bond acceptors (Lipinski definition) is 6. The number of para-hydroxylation sites is 1. The number of methoxy groups -OCH3 is 2. The van der Waals surface area contributed by atoms with E-state index >= 15 is 0 Å². The Balaban J connectivity index is 1.92. The minimum atomic E-state index is -0.323. The van der Waals surface area contributed by atoms with Crippen molar-refractivity contribution in [1.29, 1.82) is 0 Å². The highest BCUT2D eigenvalue weighted by Crippen LogP contribution is 2.27. The van der Waals surface area contributed by atoms with Crippen molar-refractivity contribution in [3.63, 3.8) is 0 Å². The molecule has 0 bridgehead atoms. The van der Waals surface area contributed by atoms with Crippen LogP contribution in [0.1, 0.15) is 34.6 Å². The fraction of sp³-hybridized carbons (Fsp3) is 0.462. The third kappa shape index (κ3) is 5.87. The minimum absolute atomic E-state index is 0.110. The molecule has 1 N–H and O–H groups in total. The third-order valence-corrected chi connectivity index (χ3v) is 6.37. The van der Waals surface area contributed by atoms with Gasteiger partial charge in [0.1, 0.15) is 18.1 Å². The van der Waals surface area contributed by atoms with E-state index in [0.717, 1.165) is 6.54 Å². The summed E-state index contributed by atoms with van der Waals surface area (Å²) < 4.78 is 17.1. The molecule has 1 aliphatic rings. The van der Waals surface area contributed by atoms with E-state index in [4.69, 9.17) is 14.2 Å². The van der Waals surface area contributed by atoms with Gasteiger partial charge < -0.3 is 24.4 Å². The van der Waals surface area contributed by atoms with E-state index in [1.807, 2.05) is 0 Å². The van der Waals surface area contributed by atoms with Crippen LogP contribution in [-0.4, -0.2) is 81.8 Å². The summed E-state index contributed by atoms with van der Waals surface area (Å²) in [6, 6.07) is 12.3. The Bertz CT molecular complexity index is 1010. The first kappa shape index (κ1) is 25.5. The number of likely N-dealkylation sites (N-methyl/N-ethyl adjacent to an activating group) is 2. The molecule has 8 heteroatoms. The molecule has 0 saturated heterocycles. The first-order valence-corrected chi connectivity index (χ1v) is 11.4. The van der Waals surface area contributed by atoms with E-state index in [1.54, 1.807) is 61.5 Å². The Kier molecular flexibility index (Phi) is 8.52. The van der Waals surface area contributed by atoms with Crippen LogP contribution in [0.4, 0.5) is 5.69 Å². The van der Waals surface area contributed by atoms with E-state index < -0.39 is 0 Å². The van der Waals surface area contributed by atoms with E-state index in [-0.39, 0.29) is 29.9 Å². The summed E-state index contributed by atoms with van der Waals surface area (Å²) in [6.07, 6.45) is -0.110. The summed E-state index contributed by atoms with van der Waals surface area (Å²) in [6.45, 7) is 5.91. The van der Waals surface area contributed by atoms with Crippen LogP contribution in [0.5, 0.6) is 11.5 Å². The summed E-state index contributed by atoms with van der Waals surface area (Å²) in [5.41, 5.74) is 1.29. The summed E-state index contributed by atoms with van der Waals surface area (Å²) in [5.74, 6) is 0.659. The Labute approximate surface area is 201 Å². The van der Waals surface area contributed by atoms with Gasteiger partial charge >= 0.3 is 0 Å². The predicted molar refractivity (Wildman–Crippen MR) is 132 cm³/mol. The van der Waals surface area contributed by atoms with Gasteiger partial charge in [-0.3, -0.25) is 14.5 Å². The molecule has 2 aromatic rings.